The van der Waals surface area contributed by atoms with Crippen LogP contribution in [-0.4, -0.2) is 19.8 Å². The molecule has 0 saturated heterocycles. The summed E-state index contributed by atoms with van der Waals surface area (Å²) in [5.74, 6) is 1.27. The number of allylic oxidation sites excluding steroid dienone is 2. The molecule has 0 spiro atoms. The molecule has 0 aromatic rings. The van der Waals surface area contributed by atoms with Crippen molar-refractivity contribution in [2.24, 2.45) is 17.3 Å². The highest BCUT2D eigenvalue weighted by Crippen LogP contribution is 2.45. The molecular formula is C24H45NO. The fraction of sp³-hybridized carbons (Fsp3) is 0.833. The van der Waals surface area contributed by atoms with Crippen LogP contribution in [0.1, 0.15) is 91.4 Å². The predicted molar refractivity (Wildman–Crippen MR) is 115 cm³/mol. The van der Waals surface area contributed by atoms with E-state index >= 15 is 0 Å². The summed E-state index contributed by atoms with van der Waals surface area (Å²) in [5.41, 5.74) is 0.619. The van der Waals surface area contributed by atoms with Crippen LogP contribution in [0.5, 0.6) is 0 Å². The highest BCUT2D eigenvalue weighted by Gasteiger charge is 2.32. The summed E-state index contributed by atoms with van der Waals surface area (Å²) in [6.07, 6.45) is 21.6. The first-order valence-corrected chi connectivity index (χ1v) is 11.2. The minimum Gasteiger partial charge on any atom is -0.391 e. The van der Waals surface area contributed by atoms with E-state index in [9.17, 15) is 0 Å². The van der Waals surface area contributed by atoms with Crippen LogP contribution in [-0.2, 0) is 4.74 Å². The third-order valence-electron chi connectivity index (χ3n) is 6.79. The standard InChI is InChI=1S/C24H45NO/c1-6-10-16-24(9-4)17-11-12-22(13-18-24)21(7-2)14-19-25-20-15-23(8-3)26-5/h7,14,19,21-23,25H,2,6,8-13,15-18,20H2,1,3-5H3/b19-14+. The van der Waals surface area contributed by atoms with Gasteiger partial charge in [-0.25, -0.2) is 0 Å². The van der Waals surface area contributed by atoms with E-state index in [4.69, 9.17) is 4.74 Å². The molecule has 0 heterocycles. The second kappa shape index (κ2) is 13.4. The van der Waals surface area contributed by atoms with Gasteiger partial charge in [-0.2, -0.15) is 0 Å². The molecule has 1 rings (SSSR count). The van der Waals surface area contributed by atoms with Crippen LogP contribution < -0.4 is 5.32 Å². The van der Waals surface area contributed by atoms with Gasteiger partial charge in [-0.1, -0.05) is 58.6 Å². The van der Waals surface area contributed by atoms with E-state index in [1.54, 1.807) is 7.11 Å². The summed E-state index contributed by atoms with van der Waals surface area (Å²) in [4.78, 5) is 0. The number of nitrogens with one attached hydrogen (secondary N) is 1. The molecule has 1 aliphatic carbocycles. The molecule has 0 amide bonds. The fourth-order valence-electron chi connectivity index (χ4n) is 4.64. The van der Waals surface area contributed by atoms with Crippen LogP contribution in [0.15, 0.2) is 24.9 Å². The van der Waals surface area contributed by atoms with Crippen molar-refractivity contribution in [3.05, 3.63) is 24.9 Å². The summed E-state index contributed by atoms with van der Waals surface area (Å²) in [6.45, 7) is 12.0. The maximum Gasteiger partial charge on any atom is 0.0585 e. The Bertz CT molecular complexity index is 388. The number of hydrogen-bond donors (Lipinski definition) is 1. The van der Waals surface area contributed by atoms with Gasteiger partial charge in [-0.3, -0.25) is 0 Å². The summed E-state index contributed by atoms with van der Waals surface area (Å²) >= 11 is 0. The maximum atomic E-state index is 5.44. The topological polar surface area (TPSA) is 21.3 Å². The monoisotopic (exact) mass is 363 g/mol. The van der Waals surface area contributed by atoms with Crippen LogP contribution in [0.4, 0.5) is 0 Å². The number of hydrogen-bond acceptors (Lipinski definition) is 2. The molecule has 1 saturated carbocycles. The third kappa shape index (κ3) is 7.86. The van der Waals surface area contributed by atoms with E-state index in [1.165, 1.54) is 57.8 Å². The first-order chi connectivity index (χ1) is 12.6. The minimum absolute atomic E-state index is 0.373. The van der Waals surface area contributed by atoms with Crippen molar-refractivity contribution in [1.82, 2.24) is 5.32 Å². The van der Waals surface area contributed by atoms with Crippen molar-refractivity contribution < 1.29 is 4.74 Å². The van der Waals surface area contributed by atoms with Gasteiger partial charge in [-0.05, 0) is 68.4 Å². The molecule has 4 unspecified atom stereocenters. The second-order valence-corrected chi connectivity index (χ2v) is 8.33. The van der Waals surface area contributed by atoms with E-state index in [-0.39, 0.29) is 0 Å². The molecule has 26 heavy (non-hydrogen) atoms. The Hall–Kier alpha value is -0.760. The van der Waals surface area contributed by atoms with Crippen molar-refractivity contribution in [1.29, 1.82) is 0 Å². The van der Waals surface area contributed by atoms with Gasteiger partial charge in [0.25, 0.3) is 0 Å². The average molecular weight is 364 g/mol. The second-order valence-electron chi connectivity index (χ2n) is 8.33. The molecule has 2 nitrogen and oxygen atoms in total. The van der Waals surface area contributed by atoms with E-state index in [0.29, 0.717) is 17.4 Å². The summed E-state index contributed by atoms with van der Waals surface area (Å²) in [5, 5.41) is 3.45. The van der Waals surface area contributed by atoms with Crippen molar-refractivity contribution in [3.63, 3.8) is 0 Å². The molecule has 0 aromatic heterocycles. The highest BCUT2D eigenvalue weighted by molar-refractivity contribution is 5.01. The zero-order valence-electron chi connectivity index (χ0n) is 18.1. The van der Waals surface area contributed by atoms with Crippen LogP contribution in [0, 0.1) is 17.3 Å². The zero-order valence-corrected chi connectivity index (χ0v) is 18.1. The minimum atomic E-state index is 0.373. The Balaban J connectivity index is 2.49. The van der Waals surface area contributed by atoms with Gasteiger partial charge in [0.15, 0.2) is 0 Å². The SMILES string of the molecule is C=CC(/C=C/NCCC(CC)OC)C1CCCC(CC)(CCCC)CC1. The van der Waals surface area contributed by atoms with Crippen molar-refractivity contribution >= 4 is 0 Å². The summed E-state index contributed by atoms with van der Waals surface area (Å²) < 4.78 is 5.44. The van der Waals surface area contributed by atoms with Gasteiger partial charge in [0.1, 0.15) is 0 Å². The lowest BCUT2D eigenvalue weighted by Crippen LogP contribution is -2.20. The van der Waals surface area contributed by atoms with Gasteiger partial charge < -0.3 is 10.1 Å². The summed E-state index contributed by atoms with van der Waals surface area (Å²) in [6, 6.07) is 0. The van der Waals surface area contributed by atoms with Crippen molar-refractivity contribution in [3.8, 4) is 0 Å². The molecule has 0 bridgehead atoms. The van der Waals surface area contributed by atoms with Crippen LogP contribution in [0.25, 0.3) is 0 Å². The lowest BCUT2D eigenvalue weighted by atomic mass is 9.73. The quantitative estimate of drug-likeness (QED) is 0.219. The molecule has 0 aromatic carbocycles. The van der Waals surface area contributed by atoms with Crippen LogP contribution in [0.2, 0.25) is 0 Å². The Labute approximate surface area is 163 Å². The predicted octanol–water partition coefficient (Wildman–Crippen LogP) is 6.87. The Morgan fingerprint density at radius 3 is 2.65 bits per heavy atom. The number of rotatable bonds is 13. The Kier molecular flexibility index (Phi) is 12.0. The summed E-state index contributed by atoms with van der Waals surface area (Å²) in [7, 11) is 1.81. The first-order valence-electron chi connectivity index (χ1n) is 11.2. The van der Waals surface area contributed by atoms with Crippen LogP contribution in [0.3, 0.4) is 0 Å². The Morgan fingerprint density at radius 1 is 1.23 bits per heavy atom. The van der Waals surface area contributed by atoms with Crippen LogP contribution >= 0.6 is 0 Å². The first kappa shape index (κ1) is 23.3. The average Bonchev–Trinajstić information content (AvgIpc) is 2.89. The smallest absolute Gasteiger partial charge is 0.0585 e. The maximum absolute atomic E-state index is 5.44. The molecule has 0 aliphatic heterocycles. The van der Waals surface area contributed by atoms with Gasteiger partial charge in [0, 0.05) is 13.7 Å². The molecule has 2 heteroatoms. The van der Waals surface area contributed by atoms with Crippen molar-refractivity contribution in [2.75, 3.05) is 13.7 Å². The fourth-order valence-corrected chi connectivity index (χ4v) is 4.64. The number of methoxy groups -OCH3 is 1. The number of ether oxygens (including phenoxy) is 1. The van der Waals surface area contributed by atoms with Gasteiger partial charge >= 0.3 is 0 Å². The van der Waals surface area contributed by atoms with E-state index < -0.39 is 0 Å². The molecule has 1 aliphatic rings. The lowest BCUT2D eigenvalue weighted by Gasteiger charge is -2.32. The normalized spacial score (nSPS) is 26.4. The molecule has 1 fully saturated rings. The molecule has 0 radical (unpaired) electrons. The van der Waals surface area contributed by atoms with Crippen molar-refractivity contribution in [2.45, 2.75) is 97.5 Å². The van der Waals surface area contributed by atoms with Gasteiger partial charge in [0.05, 0.1) is 6.10 Å². The van der Waals surface area contributed by atoms with Gasteiger partial charge in [0.2, 0.25) is 0 Å². The highest BCUT2D eigenvalue weighted by atomic mass is 16.5. The Morgan fingerprint density at radius 2 is 2.04 bits per heavy atom. The van der Waals surface area contributed by atoms with Gasteiger partial charge in [-0.15, -0.1) is 6.58 Å². The van der Waals surface area contributed by atoms with E-state index in [0.717, 1.165) is 25.3 Å². The zero-order chi connectivity index (χ0) is 19.3. The molecule has 152 valence electrons. The lowest BCUT2D eigenvalue weighted by molar-refractivity contribution is 0.0929. The molecular weight excluding hydrogens is 318 g/mol. The van der Waals surface area contributed by atoms with E-state index in [2.05, 4.69) is 51.0 Å². The third-order valence-corrected chi connectivity index (χ3v) is 6.79. The largest absolute Gasteiger partial charge is 0.391 e. The van der Waals surface area contributed by atoms with E-state index in [1.807, 2.05) is 0 Å². The molecule has 1 N–H and O–H groups in total. The number of unbranched alkanes of at least 4 members (excludes halogenated alkanes) is 1. The molecule has 4 atom stereocenters.